The van der Waals surface area contributed by atoms with Crippen LogP contribution in [0.4, 0.5) is 0 Å². The minimum Gasteiger partial charge on any atom is -0.426 e. The quantitative estimate of drug-likeness (QED) is 0.676. The number of carbonyl (C=O) groups excluding carboxylic acids is 1. The molecule has 1 N–H and O–H groups in total. The fraction of sp³-hybridized carbons (Fsp3) is 0.350. The van der Waals surface area contributed by atoms with Crippen molar-refractivity contribution in [3.8, 4) is 16.9 Å². The van der Waals surface area contributed by atoms with E-state index >= 15 is 0 Å². The van der Waals surface area contributed by atoms with Gasteiger partial charge >= 0.3 is 5.97 Å². The highest BCUT2D eigenvalue weighted by atomic mass is 16.5. The lowest BCUT2D eigenvalue weighted by molar-refractivity contribution is -0.155. The number of hydrogen-bond acceptors (Lipinski definition) is 3. The number of esters is 1. The molecule has 0 amide bonds. The summed E-state index contributed by atoms with van der Waals surface area (Å²) >= 11 is 0. The number of hydrogen-bond donors (Lipinski definition) is 1. The van der Waals surface area contributed by atoms with Gasteiger partial charge in [0, 0.05) is 0 Å². The summed E-state index contributed by atoms with van der Waals surface area (Å²) in [7, 11) is 0. The average Bonchev–Trinajstić information content (AvgIpc) is 2.54. The third-order valence-electron chi connectivity index (χ3n) is 4.59. The maximum Gasteiger partial charge on any atom is 0.320 e. The molecule has 0 spiro atoms. The van der Waals surface area contributed by atoms with Crippen molar-refractivity contribution < 1.29 is 14.6 Å². The Morgan fingerprint density at radius 1 is 0.913 bits per heavy atom. The summed E-state index contributed by atoms with van der Waals surface area (Å²) in [6, 6.07) is 17.4. The van der Waals surface area contributed by atoms with Crippen LogP contribution in [-0.2, 0) is 4.79 Å². The number of rotatable bonds is 4. The lowest BCUT2D eigenvalue weighted by atomic mass is 9.68. The van der Waals surface area contributed by atoms with Gasteiger partial charge in [0.25, 0.3) is 0 Å². The van der Waals surface area contributed by atoms with E-state index in [-0.39, 0.29) is 6.61 Å². The van der Waals surface area contributed by atoms with Crippen LogP contribution in [0.5, 0.6) is 5.75 Å². The van der Waals surface area contributed by atoms with Crippen molar-refractivity contribution in [2.45, 2.75) is 27.7 Å². The summed E-state index contributed by atoms with van der Waals surface area (Å²) in [6.45, 7) is 7.24. The molecule has 3 nitrogen and oxygen atoms in total. The molecule has 0 bridgehead atoms. The van der Waals surface area contributed by atoms with Crippen molar-refractivity contribution in [1.29, 1.82) is 0 Å². The van der Waals surface area contributed by atoms with Crippen molar-refractivity contribution in [2.24, 2.45) is 10.8 Å². The molecule has 2 aromatic carbocycles. The topological polar surface area (TPSA) is 46.5 Å². The van der Waals surface area contributed by atoms with Crippen molar-refractivity contribution in [3.63, 3.8) is 0 Å². The number of ether oxygens (including phenoxy) is 1. The maximum atomic E-state index is 12.5. The third-order valence-corrected chi connectivity index (χ3v) is 4.59. The van der Waals surface area contributed by atoms with Gasteiger partial charge in [-0.15, -0.1) is 0 Å². The van der Waals surface area contributed by atoms with E-state index in [1.165, 1.54) is 0 Å². The van der Waals surface area contributed by atoms with E-state index in [4.69, 9.17) is 4.74 Å². The van der Waals surface area contributed by atoms with Gasteiger partial charge in [0.05, 0.1) is 12.0 Å². The molecule has 0 aliphatic heterocycles. The first-order valence-electron chi connectivity index (χ1n) is 7.76. The van der Waals surface area contributed by atoms with E-state index in [0.717, 1.165) is 11.1 Å². The molecule has 0 fully saturated rings. The van der Waals surface area contributed by atoms with Gasteiger partial charge in [-0.05, 0) is 35.6 Å². The highest BCUT2D eigenvalue weighted by molar-refractivity contribution is 5.80. The van der Waals surface area contributed by atoms with Gasteiger partial charge in [-0.2, -0.15) is 0 Å². The fourth-order valence-corrected chi connectivity index (χ4v) is 2.17. The van der Waals surface area contributed by atoms with Crippen LogP contribution in [0.25, 0.3) is 11.1 Å². The van der Waals surface area contributed by atoms with Crippen molar-refractivity contribution in [1.82, 2.24) is 0 Å². The van der Waals surface area contributed by atoms with E-state index in [1.54, 1.807) is 19.1 Å². The van der Waals surface area contributed by atoms with E-state index < -0.39 is 16.8 Å². The Morgan fingerprint density at radius 2 is 1.43 bits per heavy atom. The predicted molar refractivity (Wildman–Crippen MR) is 92.2 cm³/mol. The molecule has 0 radical (unpaired) electrons. The fourth-order valence-electron chi connectivity index (χ4n) is 2.17. The summed E-state index contributed by atoms with van der Waals surface area (Å²) in [5.41, 5.74) is 0.819. The largest absolute Gasteiger partial charge is 0.426 e. The van der Waals surface area contributed by atoms with Crippen LogP contribution in [0.1, 0.15) is 27.7 Å². The standard InChI is InChI=1S/C20H24O3/c1-19(2,3)20(4,14-21)18(22)23-17-12-10-16(11-13-17)15-8-6-5-7-9-15/h5-13,21H,14H2,1-4H3. The zero-order valence-corrected chi connectivity index (χ0v) is 14.2. The minimum atomic E-state index is -0.953. The van der Waals surface area contributed by atoms with Crippen LogP contribution in [0.3, 0.4) is 0 Å². The molecule has 0 aliphatic carbocycles. The molecule has 0 aromatic heterocycles. The summed E-state index contributed by atoms with van der Waals surface area (Å²) in [5, 5.41) is 9.66. The zero-order valence-electron chi connectivity index (χ0n) is 14.2. The molecular formula is C20H24O3. The Morgan fingerprint density at radius 3 is 1.91 bits per heavy atom. The lowest BCUT2D eigenvalue weighted by Gasteiger charge is -2.37. The van der Waals surface area contributed by atoms with Crippen LogP contribution in [-0.4, -0.2) is 17.7 Å². The summed E-state index contributed by atoms with van der Waals surface area (Å²) in [5.74, 6) is 0.0681. The van der Waals surface area contributed by atoms with E-state index in [1.807, 2.05) is 63.2 Å². The molecule has 1 unspecified atom stereocenters. The number of benzene rings is 2. The Labute approximate surface area is 137 Å². The molecule has 23 heavy (non-hydrogen) atoms. The summed E-state index contributed by atoms with van der Waals surface area (Å²) < 4.78 is 5.49. The summed E-state index contributed by atoms with van der Waals surface area (Å²) in [4.78, 5) is 12.5. The lowest BCUT2D eigenvalue weighted by Crippen LogP contribution is -2.45. The molecular weight excluding hydrogens is 288 g/mol. The predicted octanol–water partition coefficient (Wildman–Crippen LogP) is 4.30. The molecule has 0 aliphatic rings. The molecule has 2 rings (SSSR count). The van der Waals surface area contributed by atoms with Gasteiger partial charge in [-0.25, -0.2) is 0 Å². The zero-order chi connectivity index (χ0) is 17.1. The molecule has 1 atom stereocenters. The smallest absolute Gasteiger partial charge is 0.320 e. The van der Waals surface area contributed by atoms with Gasteiger partial charge in [0.1, 0.15) is 5.75 Å². The Balaban J connectivity index is 2.17. The van der Waals surface area contributed by atoms with Crippen LogP contribution in [0, 0.1) is 10.8 Å². The third kappa shape index (κ3) is 3.62. The highest BCUT2D eigenvalue weighted by Gasteiger charge is 2.45. The molecule has 122 valence electrons. The van der Waals surface area contributed by atoms with Crippen molar-refractivity contribution >= 4 is 5.97 Å². The first-order valence-corrected chi connectivity index (χ1v) is 7.76. The van der Waals surface area contributed by atoms with Gasteiger partial charge in [0.2, 0.25) is 0 Å². The second kappa shape index (κ2) is 6.55. The van der Waals surface area contributed by atoms with Crippen molar-refractivity contribution in [2.75, 3.05) is 6.61 Å². The summed E-state index contributed by atoms with van der Waals surface area (Å²) in [6.07, 6.45) is 0. The Kier molecular flexibility index (Phi) is 4.90. The number of aliphatic hydroxyl groups excluding tert-OH is 1. The average molecular weight is 312 g/mol. The molecule has 0 saturated heterocycles. The van der Waals surface area contributed by atoms with Crippen LogP contribution in [0.15, 0.2) is 54.6 Å². The maximum absolute atomic E-state index is 12.5. The SMILES string of the molecule is CC(C)(C)C(C)(CO)C(=O)Oc1ccc(-c2ccccc2)cc1. The van der Waals surface area contributed by atoms with Gasteiger partial charge in [-0.3, -0.25) is 4.79 Å². The van der Waals surface area contributed by atoms with Crippen LogP contribution >= 0.6 is 0 Å². The normalized spacial score (nSPS) is 14.1. The first kappa shape index (κ1) is 17.2. The first-order chi connectivity index (χ1) is 10.8. The molecule has 0 heterocycles. The molecule has 0 saturated carbocycles. The van der Waals surface area contributed by atoms with Crippen LogP contribution < -0.4 is 4.74 Å². The minimum absolute atomic E-state index is 0.253. The molecule has 2 aromatic rings. The van der Waals surface area contributed by atoms with Gasteiger partial charge in [-0.1, -0.05) is 63.2 Å². The van der Waals surface area contributed by atoms with E-state index in [2.05, 4.69) is 0 Å². The van der Waals surface area contributed by atoms with Gasteiger partial charge < -0.3 is 9.84 Å². The van der Waals surface area contributed by atoms with E-state index in [0.29, 0.717) is 5.75 Å². The second-order valence-electron chi connectivity index (χ2n) is 7.02. The number of carbonyl (C=O) groups is 1. The second-order valence-corrected chi connectivity index (χ2v) is 7.02. The Hall–Kier alpha value is -2.13. The Bertz CT molecular complexity index is 654. The molecule has 3 heteroatoms. The monoisotopic (exact) mass is 312 g/mol. The number of aliphatic hydroxyl groups is 1. The van der Waals surface area contributed by atoms with Crippen molar-refractivity contribution in [3.05, 3.63) is 54.6 Å². The van der Waals surface area contributed by atoms with Crippen LogP contribution in [0.2, 0.25) is 0 Å². The van der Waals surface area contributed by atoms with Gasteiger partial charge in [0.15, 0.2) is 0 Å². The highest BCUT2D eigenvalue weighted by Crippen LogP contribution is 2.39. The van der Waals surface area contributed by atoms with E-state index in [9.17, 15) is 9.90 Å².